The molecule has 0 saturated heterocycles. The third kappa shape index (κ3) is 4.05. The Bertz CT molecular complexity index is 587. The summed E-state index contributed by atoms with van der Waals surface area (Å²) in [6, 6.07) is 5.51. The fourth-order valence-corrected chi connectivity index (χ4v) is 1.74. The molecule has 0 radical (unpaired) electrons. The number of aromatic nitrogens is 3. The molecule has 5 nitrogen and oxygen atoms in total. The van der Waals surface area contributed by atoms with Gasteiger partial charge in [0.25, 0.3) is 0 Å². The van der Waals surface area contributed by atoms with Crippen LogP contribution in [0.3, 0.4) is 0 Å². The minimum atomic E-state index is -0.181. The second kappa shape index (κ2) is 6.65. The van der Waals surface area contributed by atoms with Crippen molar-refractivity contribution in [2.75, 3.05) is 5.32 Å². The molecule has 0 aliphatic heterocycles. The molecule has 0 saturated carbocycles. The second-order valence-corrected chi connectivity index (χ2v) is 4.90. The Hall–Kier alpha value is -2.43. The fraction of sp³-hybridized carbons (Fsp3) is 0.267. The molecule has 0 spiro atoms. The second-order valence-electron chi connectivity index (χ2n) is 4.90. The molecular formula is C15H18N4O. The quantitative estimate of drug-likeness (QED) is 0.849. The highest BCUT2D eigenvalue weighted by atomic mass is 16.1. The van der Waals surface area contributed by atoms with Crippen molar-refractivity contribution in [3.05, 3.63) is 48.4 Å². The molecule has 2 rings (SSSR count). The number of pyridine rings is 1. The van der Waals surface area contributed by atoms with Crippen molar-refractivity contribution in [1.29, 1.82) is 0 Å². The molecule has 0 aliphatic carbocycles. The summed E-state index contributed by atoms with van der Waals surface area (Å²) in [5.74, 6) is 0.996. The lowest BCUT2D eigenvalue weighted by Crippen LogP contribution is -2.15. The van der Waals surface area contributed by atoms with Gasteiger partial charge in [-0.05, 0) is 23.6 Å². The van der Waals surface area contributed by atoms with Crippen molar-refractivity contribution in [2.24, 2.45) is 5.92 Å². The molecule has 20 heavy (non-hydrogen) atoms. The highest BCUT2D eigenvalue weighted by molar-refractivity contribution is 6.01. The summed E-state index contributed by atoms with van der Waals surface area (Å²) in [5.41, 5.74) is 0.887. The van der Waals surface area contributed by atoms with Crippen molar-refractivity contribution in [3.63, 3.8) is 0 Å². The van der Waals surface area contributed by atoms with Gasteiger partial charge in [0, 0.05) is 31.1 Å². The molecule has 0 fully saturated rings. The van der Waals surface area contributed by atoms with Crippen LogP contribution < -0.4 is 5.32 Å². The smallest absolute Gasteiger partial charge is 0.249 e. The van der Waals surface area contributed by atoms with Gasteiger partial charge >= 0.3 is 0 Å². The maximum Gasteiger partial charge on any atom is 0.249 e. The van der Waals surface area contributed by atoms with Crippen molar-refractivity contribution < 1.29 is 4.79 Å². The van der Waals surface area contributed by atoms with E-state index in [0.29, 0.717) is 11.7 Å². The van der Waals surface area contributed by atoms with Crippen LogP contribution in [0.1, 0.15) is 19.4 Å². The van der Waals surface area contributed by atoms with Gasteiger partial charge in [-0.1, -0.05) is 19.9 Å². The van der Waals surface area contributed by atoms with E-state index in [1.165, 1.54) is 6.08 Å². The molecule has 0 aromatic carbocycles. The molecule has 2 aromatic rings. The Morgan fingerprint density at radius 3 is 2.95 bits per heavy atom. The van der Waals surface area contributed by atoms with Gasteiger partial charge in [-0.15, -0.1) is 0 Å². The average Bonchev–Trinajstić information content (AvgIpc) is 2.84. The number of carbonyl (C=O) groups is 1. The zero-order valence-corrected chi connectivity index (χ0v) is 11.7. The van der Waals surface area contributed by atoms with E-state index in [1.807, 2.05) is 12.1 Å². The maximum atomic E-state index is 11.9. The predicted molar refractivity (Wildman–Crippen MR) is 79.0 cm³/mol. The van der Waals surface area contributed by atoms with Crippen molar-refractivity contribution in [1.82, 2.24) is 14.8 Å². The lowest BCUT2D eigenvalue weighted by molar-refractivity contribution is -0.111. The summed E-state index contributed by atoms with van der Waals surface area (Å²) < 4.78 is 1.79. The number of nitrogens with zero attached hydrogens (tertiary/aromatic N) is 3. The van der Waals surface area contributed by atoms with Crippen LogP contribution in [0, 0.1) is 5.92 Å². The minimum absolute atomic E-state index is 0.181. The van der Waals surface area contributed by atoms with Crippen LogP contribution >= 0.6 is 0 Å². The molecule has 2 heterocycles. The van der Waals surface area contributed by atoms with Gasteiger partial charge < -0.3 is 5.32 Å². The molecule has 5 heteroatoms. The van der Waals surface area contributed by atoms with Crippen LogP contribution in [0.5, 0.6) is 0 Å². The third-order valence-electron chi connectivity index (χ3n) is 2.62. The monoisotopic (exact) mass is 270 g/mol. The fourth-order valence-electron chi connectivity index (χ4n) is 1.74. The van der Waals surface area contributed by atoms with Gasteiger partial charge in [0.1, 0.15) is 5.82 Å². The lowest BCUT2D eigenvalue weighted by Gasteiger charge is -2.09. The van der Waals surface area contributed by atoms with Gasteiger partial charge in [-0.3, -0.25) is 9.78 Å². The number of anilines is 1. The van der Waals surface area contributed by atoms with E-state index in [9.17, 15) is 4.79 Å². The largest absolute Gasteiger partial charge is 0.307 e. The van der Waals surface area contributed by atoms with E-state index in [1.54, 1.807) is 35.4 Å². The molecule has 0 atom stereocenters. The Morgan fingerprint density at radius 2 is 2.25 bits per heavy atom. The van der Waals surface area contributed by atoms with E-state index in [0.717, 1.165) is 12.1 Å². The number of rotatable bonds is 5. The van der Waals surface area contributed by atoms with Crippen molar-refractivity contribution in [2.45, 2.75) is 20.4 Å². The van der Waals surface area contributed by atoms with Gasteiger partial charge in [-0.25, -0.2) is 4.68 Å². The first kappa shape index (κ1) is 14.0. The topological polar surface area (TPSA) is 59.8 Å². The number of hydrogen-bond acceptors (Lipinski definition) is 3. The lowest BCUT2D eigenvalue weighted by atomic mass is 10.2. The van der Waals surface area contributed by atoms with Crippen LogP contribution in [0.15, 0.2) is 42.9 Å². The third-order valence-corrected chi connectivity index (χ3v) is 2.62. The Kier molecular flexibility index (Phi) is 4.65. The molecular weight excluding hydrogens is 252 g/mol. The zero-order chi connectivity index (χ0) is 14.4. The number of carbonyl (C=O) groups excluding carboxylic acids is 1. The van der Waals surface area contributed by atoms with Gasteiger partial charge in [0.2, 0.25) is 5.91 Å². The molecule has 1 N–H and O–H groups in total. The van der Waals surface area contributed by atoms with E-state index in [-0.39, 0.29) is 5.91 Å². The predicted octanol–water partition coefficient (Wildman–Crippen LogP) is 2.59. The van der Waals surface area contributed by atoms with Crippen LogP contribution in [0.2, 0.25) is 0 Å². The Labute approximate surface area is 118 Å². The molecule has 0 aliphatic rings. The van der Waals surface area contributed by atoms with Gasteiger partial charge in [0.15, 0.2) is 0 Å². The van der Waals surface area contributed by atoms with Gasteiger partial charge in [-0.2, -0.15) is 5.10 Å². The Balaban J connectivity index is 1.98. The minimum Gasteiger partial charge on any atom is -0.307 e. The summed E-state index contributed by atoms with van der Waals surface area (Å²) in [5, 5.41) is 7.02. The van der Waals surface area contributed by atoms with Crippen molar-refractivity contribution >= 4 is 17.8 Å². The summed E-state index contributed by atoms with van der Waals surface area (Å²) in [4.78, 5) is 15.9. The van der Waals surface area contributed by atoms with Crippen LogP contribution in [0.4, 0.5) is 5.82 Å². The van der Waals surface area contributed by atoms with E-state index in [4.69, 9.17) is 0 Å². The van der Waals surface area contributed by atoms with E-state index in [2.05, 4.69) is 29.2 Å². The molecule has 104 valence electrons. The summed E-state index contributed by atoms with van der Waals surface area (Å²) in [6.07, 6.45) is 8.30. The van der Waals surface area contributed by atoms with E-state index < -0.39 is 0 Å². The SMILES string of the molecule is CC(C)Cn1nccc1NC(=O)/C=C/c1cccnc1. The van der Waals surface area contributed by atoms with Crippen LogP contribution in [-0.2, 0) is 11.3 Å². The average molecular weight is 270 g/mol. The summed E-state index contributed by atoms with van der Waals surface area (Å²) >= 11 is 0. The highest BCUT2D eigenvalue weighted by Crippen LogP contribution is 2.09. The first-order valence-corrected chi connectivity index (χ1v) is 6.56. The molecule has 0 bridgehead atoms. The molecule has 1 amide bonds. The van der Waals surface area contributed by atoms with Gasteiger partial charge in [0.05, 0.1) is 6.20 Å². The van der Waals surface area contributed by atoms with E-state index >= 15 is 0 Å². The standard InChI is InChI=1S/C15H18N4O/c1-12(2)11-19-14(7-9-17-19)18-15(20)6-5-13-4-3-8-16-10-13/h3-10,12H,11H2,1-2H3,(H,18,20)/b6-5+. The highest BCUT2D eigenvalue weighted by Gasteiger charge is 2.06. The first-order valence-electron chi connectivity index (χ1n) is 6.56. The number of nitrogens with one attached hydrogen (secondary N) is 1. The van der Waals surface area contributed by atoms with Crippen molar-refractivity contribution in [3.8, 4) is 0 Å². The maximum absolute atomic E-state index is 11.9. The Morgan fingerprint density at radius 1 is 1.40 bits per heavy atom. The zero-order valence-electron chi connectivity index (χ0n) is 11.7. The summed E-state index contributed by atoms with van der Waals surface area (Å²) in [6.45, 7) is 4.99. The molecule has 0 unspecified atom stereocenters. The van der Waals surface area contributed by atoms with Crippen LogP contribution in [-0.4, -0.2) is 20.7 Å². The normalized spacial score (nSPS) is 11.2. The first-order chi connectivity index (χ1) is 9.65. The number of amides is 1. The van der Waals surface area contributed by atoms with Crippen LogP contribution in [0.25, 0.3) is 6.08 Å². The summed E-state index contributed by atoms with van der Waals surface area (Å²) in [7, 11) is 0. The number of hydrogen-bond donors (Lipinski definition) is 1. The molecule has 2 aromatic heterocycles.